The molecule has 21 heavy (non-hydrogen) atoms. The molecule has 0 bridgehead atoms. The Morgan fingerprint density at radius 1 is 1.29 bits per heavy atom. The molecule has 0 spiro atoms. The van der Waals surface area contributed by atoms with Crippen molar-refractivity contribution in [1.29, 1.82) is 0 Å². The van der Waals surface area contributed by atoms with Gasteiger partial charge in [-0.1, -0.05) is 34.6 Å². The summed E-state index contributed by atoms with van der Waals surface area (Å²) >= 11 is 0. The molecule has 0 aliphatic carbocycles. The highest BCUT2D eigenvalue weighted by atomic mass is 16.5. The summed E-state index contributed by atoms with van der Waals surface area (Å²) in [6.45, 7) is 13.2. The second kappa shape index (κ2) is 6.06. The highest BCUT2D eigenvalue weighted by Gasteiger charge is 2.22. The Kier molecular flexibility index (Phi) is 4.57. The van der Waals surface area contributed by atoms with Gasteiger partial charge in [-0.05, 0) is 24.1 Å². The zero-order valence-corrected chi connectivity index (χ0v) is 13.8. The number of fused-ring (bicyclic) bond motifs is 1. The number of aromatic nitrogens is 2. The Bertz CT molecular complexity index is 608. The minimum Gasteiger partial charge on any atom is -0.399 e. The largest absolute Gasteiger partial charge is 0.399 e. The number of ether oxygens (including phenoxy) is 1. The molecule has 2 aromatic rings. The number of rotatable bonds is 5. The SMILES string of the molecule is CC(C)COCCn1c(C(C)(C)C)nc2cc(N)ccc21. The van der Waals surface area contributed by atoms with Crippen molar-refractivity contribution in [2.75, 3.05) is 18.9 Å². The van der Waals surface area contributed by atoms with Crippen LogP contribution in [0.3, 0.4) is 0 Å². The maximum Gasteiger partial charge on any atom is 0.115 e. The van der Waals surface area contributed by atoms with Crippen molar-refractivity contribution in [3.05, 3.63) is 24.0 Å². The maximum absolute atomic E-state index is 5.87. The monoisotopic (exact) mass is 289 g/mol. The summed E-state index contributed by atoms with van der Waals surface area (Å²) in [6, 6.07) is 5.92. The molecule has 0 saturated carbocycles. The Morgan fingerprint density at radius 3 is 2.62 bits per heavy atom. The molecule has 0 aliphatic heterocycles. The standard InChI is InChI=1S/C17H27N3O/c1-12(2)11-21-9-8-20-15-7-6-13(18)10-14(15)19-16(20)17(3,4)5/h6-7,10,12H,8-9,11,18H2,1-5H3. The van der Waals surface area contributed by atoms with E-state index in [2.05, 4.69) is 45.3 Å². The van der Waals surface area contributed by atoms with Crippen LogP contribution in [0, 0.1) is 5.92 Å². The number of benzene rings is 1. The fourth-order valence-corrected chi connectivity index (χ4v) is 2.42. The lowest BCUT2D eigenvalue weighted by atomic mass is 9.95. The van der Waals surface area contributed by atoms with Gasteiger partial charge >= 0.3 is 0 Å². The molecule has 1 aromatic heterocycles. The van der Waals surface area contributed by atoms with Crippen LogP contribution in [0.25, 0.3) is 11.0 Å². The van der Waals surface area contributed by atoms with Crippen LogP contribution in [0.5, 0.6) is 0 Å². The summed E-state index contributed by atoms with van der Waals surface area (Å²) in [5.74, 6) is 1.64. The van der Waals surface area contributed by atoms with Crippen molar-refractivity contribution in [2.45, 2.75) is 46.6 Å². The van der Waals surface area contributed by atoms with Gasteiger partial charge in [0.1, 0.15) is 5.82 Å². The van der Waals surface area contributed by atoms with Crippen molar-refractivity contribution in [3.63, 3.8) is 0 Å². The topological polar surface area (TPSA) is 53.1 Å². The third kappa shape index (κ3) is 3.76. The Labute approximate surface area is 127 Å². The number of hydrogen-bond acceptors (Lipinski definition) is 3. The molecule has 2 rings (SSSR count). The van der Waals surface area contributed by atoms with Gasteiger partial charge in [-0.25, -0.2) is 4.98 Å². The van der Waals surface area contributed by atoms with Gasteiger partial charge in [-0.3, -0.25) is 0 Å². The number of nitrogens with zero attached hydrogens (tertiary/aromatic N) is 2. The first kappa shape index (κ1) is 15.8. The van der Waals surface area contributed by atoms with Crippen LogP contribution in [0.1, 0.15) is 40.4 Å². The van der Waals surface area contributed by atoms with Crippen LogP contribution in [-0.2, 0) is 16.7 Å². The fourth-order valence-electron chi connectivity index (χ4n) is 2.42. The van der Waals surface area contributed by atoms with Gasteiger partial charge in [0.25, 0.3) is 0 Å². The molecule has 1 aromatic carbocycles. The smallest absolute Gasteiger partial charge is 0.115 e. The molecule has 0 saturated heterocycles. The van der Waals surface area contributed by atoms with Gasteiger partial charge < -0.3 is 15.0 Å². The molecule has 4 heteroatoms. The zero-order valence-electron chi connectivity index (χ0n) is 13.8. The van der Waals surface area contributed by atoms with Gasteiger partial charge in [-0.15, -0.1) is 0 Å². The number of hydrogen-bond donors (Lipinski definition) is 1. The van der Waals surface area contributed by atoms with E-state index in [1.54, 1.807) is 0 Å². The third-order valence-electron chi connectivity index (χ3n) is 3.35. The van der Waals surface area contributed by atoms with E-state index in [1.165, 1.54) is 0 Å². The van der Waals surface area contributed by atoms with E-state index >= 15 is 0 Å². The molecule has 116 valence electrons. The Morgan fingerprint density at radius 2 is 2.00 bits per heavy atom. The van der Waals surface area contributed by atoms with Crippen molar-refractivity contribution in [3.8, 4) is 0 Å². The Balaban J connectivity index is 2.30. The molecule has 4 nitrogen and oxygen atoms in total. The van der Waals surface area contributed by atoms with Crippen molar-refractivity contribution < 1.29 is 4.74 Å². The summed E-state index contributed by atoms with van der Waals surface area (Å²) in [7, 11) is 0. The quantitative estimate of drug-likeness (QED) is 0.676. The van der Waals surface area contributed by atoms with Crippen molar-refractivity contribution >= 4 is 16.7 Å². The van der Waals surface area contributed by atoms with Crippen LogP contribution in [0.2, 0.25) is 0 Å². The minimum absolute atomic E-state index is 0.00811. The fraction of sp³-hybridized carbons (Fsp3) is 0.588. The van der Waals surface area contributed by atoms with Gasteiger partial charge in [-0.2, -0.15) is 0 Å². The van der Waals surface area contributed by atoms with E-state index in [4.69, 9.17) is 15.5 Å². The minimum atomic E-state index is -0.00811. The van der Waals surface area contributed by atoms with Gasteiger partial charge in [0.2, 0.25) is 0 Å². The highest BCUT2D eigenvalue weighted by Crippen LogP contribution is 2.27. The van der Waals surface area contributed by atoms with Gasteiger partial charge in [0, 0.05) is 24.3 Å². The average Bonchev–Trinajstić information content (AvgIpc) is 2.72. The Hall–Kier alpha value is -1.55. The lowest BCUT2D eigenvalue weighted by Crippen LogP contribution is -2.21. The molecule has 2 N–H and O–H groups in total. The molecule has 0 amide bonds. The van der Waals surface area contributed by atoms with E-state index in [9.17, 15) is 0 Å². The predicted octanol–water partition coefficient (Wildman–Crippen LogP) is 3.59. The maximum atomic E-state index is 5.87. The number of nitrogen functional groups attached to an aromatic ring is 1. The van der Waals surface area contributed by atoms with E-state index in [0.717, 1.165) is 35.7 Å². The van der Waals surface area contributed by atoms with E-state index in [0.29, 0.717) is 12.5 Å². The molecule has 0 atom stereocenters. The molecule has 0 fully saturated rings. The second-order valence-corrected chi connectivity index (χ2v) is 7.05. The molecule has 0 aliphatic rings. The first-order valence-corrected chi connectivity index (χ1v) is 7.63. The number of nitrogens with two attached hydrogens (primary N) is 1. The van der Waals surface area contributed by atoms with Crippen LogP contribution < -0.4 is 5.73 Å². The number of imidazole rings is 1. The second-order valence-electron chi connectivity index (χ2n) is 7.05. The molecular formula is C17H27N3O. The molecule has 0 radical (unpaired) electrons. The molecule has 1 heterocycles. The van der Waals surface area contributed by atoms with Crippen LogP contribution in [-0.4, -0.2) is 22.8 Å². The lowest BCUT2D eigenvalue weighted by Gasteiger charge is -2.20. The van der Waals surface area contributed by atoms with Gasteiger partial charge in [0.15, 0.2) is 0 Å². The lowest BCUT2D eigenvalue weighted by molar-refractivity contribution is 0.103. The molecular weight excluding hydrogens is 262 g/mol. The normalized spacial score (nSPS) is 12.5. The summed E-state index contributed by atoms with van der Waals surface area (Å²) in [6.07, 6.45) is 0. The van der Waals surface area contributed by atoms with E-state index in [-0.39, 0.29) is 5.41 Å². The highest BCUT2D eigenvalue weighted by molar-refractivity contribution is 5.79. The molecule has 0 unspecified atom stereocenters. The first-order chi connectivity index (χ1) is 9.79. The summed E-state index contributed by atoms with van der Waals surface area (Å²) < 4.78 is 7.99. The first-order valence-electron chi connectivity index (χ1n) is 7.63. The summed E-state index contributed by atoms with van der Waals surface area (Å²) in [5, 5.41) is 0. The predicted molar refractivity (Wildman–Crippen MR) is 88.5 cm³/mol. The summed E-state index contributed by atoms with van der Waals surface area (Å²) in [5.41, 5.74) is 8.71. The summed E-state index contributed by atoms with van der Waals surface area (Å²) in [4.78, 5) is 4.79. The third-order valence-corrected chi connectivity index (χ3v) is 3.35. The average molecular weight is 289 g/mol. The van der Waals surface area contributed by atoms with Crippen molar-refractivity contribution in [1.82, 2.24) is 9.55 Å². The van der Waals surface area contributed by atoms with Crippen LogP contribution >= 0.6 is 0 Å². The van der Waals surface area contributed by atoms with E-state index < -0.39 is 0 Å². The van der Waals surface area contributed by atoms with E-state index in [1.807, 2.05) is 12.1 Å². The van der Waals surface area contributed by atoms with Gasteiger partial charge in [0.05, 0.1) is 17.6 Å². The van der Waals surface area contributed by atoms with Crippen LogP contribution in [0.4, 0.5) is 5.69 Å². The zero-order chi connectivity index (χ0) is 15.6. The number of anilines is 1. The van der Waals surface area contributed by atoms with Crippen LogP contribution in [0.15, 0.2) is 18.2 Å². The van der Waals surface area contributed by atoms with Crippen molar-refractivity contribution in [2.24, 2.45) is 5.92 Å².